The van der Waals surface area contributed by atoms with Crippen LogP contribution in [0.5, 0.6) is 11.5 Å². The van der Waals surface area contributed by atoms with Gasteiger partial charge >= 0.3 is 0 Å². The second-order valence-corrected chi connectivity index (χ2v) is 5.77. The van der Waals surface area contributed by atoms with Gasteiger partial charge in [0.25, 0.3) is 0 Å². The molecule has 7 heteroatoms. The molecule has 0 bridgehead atoms. The summed E-state index contributed by atoms with van der Waals surface area (Å²) in [6, 6.07) is 2.55. The summed E-state index contributed by atoms with van der Waals surface area (Å²) in [5.41, 5.74) is 0.00176. The standard InChI is InChI=1S/C7H6Cl2O4S/c8-5-2-1-4(3-14(9,12)13)6(10)7(5)11/h1-2,10-11H,3H2. The van der Waals surface area contributed by atoms with Gasteiger partial charge in [0.1, 0.15) is 0 Å². The monoisotopic (exact) mass is 256 g/mol. The lowest BCUT2D eigenvalue weighted by atomic mass is 10.2. The number of aromatic hydroxyl groups is 2. The van der Waals surface area contributed by atoms with Crippen LogP contribution in [0.4, 0.5) is 0 Å². The first-order chi connectivity index (χ1) is 6.31. The molecule has 0 saturated heterocycles. The molecule has 2 N–H and O–H groups in total. The van der Waals surface area contributed by atoms with E-state index in [0.717, 1.165) is 0 Å². The molecule has 4 nitrogen and oxygen atoms in total. The third kappa shape index (κ3) is 2.67. The summed E-state index contributed by atoms with van der Waals surface area (Å²) in [6.07, 6.45) is 0. The second kappa shape index (κ2) is 3.84. The minimum absolute atomic E-state index is 0.00176. The van der Waals surface area contributed by atoms with Gasteiger partial charge in [-0.1, -0.05) is 17.7 Å². The maximum Gasteiger partial charge on any atom is 0.236 e. The van der Waals surface area contributed by atoms with Crippen LogP contribution < -0.4 is 0 Å². The molecule has 1 aromatic rings. The Morgan fingerprint density at radius 1 is 1.21 bits per heavy atom. The highest BCUT2D eigenvalue weighted by Crippen LogP contribution is 2.36. The van der Waals surface area contributed by atoms with Crippen LogP contribution in [-0.4, -0.2) is 18.6 Å². The van der Waals surface area contributed by atoms with Crippen molar-refractivity contribution in [1.82, 2.24) is 0 Å². The number of phenols is 2. The van der Waals surface area contributed by atoms with Crippen LogP contribution in [0.3, 0.4) is 0 Å². The zero-order chi connectivity index (χ0) is 10.9. The van der Waals surface area contributed by atoms with Crippen molar-refractivity contribution in [3.63, 3.8) is 0 Å². The summed E-state index contributed by atoms with van der Waals surface area (Å²) in [5, 5.41) is 18.4. The van der Waals surface area contributed by atoms with E-state index < -0.39 is 26.3 Å². The molecule has 1 rings (SSSR count). The predicted octanol–water partition coefficient (Wildman–Crippen LogP) is 1.82. The number of benzene rings is 1. The molecular formula is C7H6Cl2O4S. The van der Waals surface area contributed by atoms with Gasteiger partial charge in [0.2, 0.25) is 9.05 Å². The zero-order valence-corrected chi connectivity index (χ0v) is 9.07. The third-order valence-corrected chi connectivity index (χ3v) is 2.80. The lowest BCUT2D eigenvalue weighted by molar-refractivity contribution is 0.401. The third-order valence-electron chi connectivity index (χ3n) is 1.51. The molecule has 78 valence electrons. The summed E-state index contributed by atoms with van der Waals surface area (Å²) in [5.74, 6) is -1.68. The van der Waals surface area contributed by atoms with E-state index in [-0.39, 0.29) is 10.6 Å². The minimum Gasteiger partial charge on any atom is -0.504 e. The van der Waals surface area contributed by atoms with Crippen LogP contribution in [0, 0.1) is 0 Å². The van der Waals surface area contributed by atoms with Crippen LogP contribution in [0.2, 0.25) is 5.02 Å². The van der Waals surface area contributed by atoms with E-state index in [1.165, 1.54) is 12.1 Å². The Balaban J connectivity index is 3.19. The van der Waals surface area contributed by atoms with Gasteiger partial charge in [0.05, 0.1) is 10.8 Å². The minimum atomic E-state index is -3.77. The smallest absolute Gasteiger partial charge is 0.236 e. The molecule has 14 heavy (non-hydrogen) atoms. The first-order valence-corrected chi connectivity index (χ1v) is 6.28. The maximum absolute atomic E-state index is 10.7. The van der Waals surface area contributed by atoms with E-state index in [0.29, 0.717) is 0 Å². The topological polar surface area (TPSA) is 74.6 Å². The molecule has 0 atom stereocenters. The van der Waals surface area contributed by atoms with Crippen molar-refractivity contribution in [1.29, 1.82) is 0 Å². The fourth-order valence-corrected chi connectivity index (χ4v) is 2.01. The largest absolute Gasteiger partial charge is 0.504 e. The predicted molar refractivity (Wildman–Crippen MR) is 53.3 cm³/mol. The van der Waals surface area contributed by atoms with Crippen LogP contribution in [-0.2, 0) is 14.8 Å². The Hall–Kier alpha value is -0.650. The average Bonchev–Trinajstić information content (AvgIpc) is 2.04. The van der Waals surface area contributed by atoms with Gasteiger partial charge in [-0.2, -0.15) is 0 Å². The van der Waals surface area contributed by atoms with Gasteiger partial charge in [0, 0.05) is 16.2 Å². The normalized spacial score (nSPS) is 11.6. The Labute approximate surface area is 90.1 Å². The number of hydrogen-bond donors (Lipinski definition) is 2. The molecule has 0 aliphatic rings. The fraction of sp³-hybridized carbons (Fsp3) is 0.143. The van der Waals surface area contributed by atoms with Crippen molar-refractivity contribution in [3.05, 3.63) is 22.7 Å². The van der Waals surface area contributed by atoms with Crippen molar-refractivity contribution in [3.8, 4) is 11.5 Å². The molecule has 1 aromatic carbocycles. The van der Waals surface area contributed by atoms with Gasteiger partial charge in [-0.25, -0.2) is 8.42 Å². The van der Waals surface area contributed by atoms with E-state index in [1.807, 2.05) is 0 Å². The first kappa shape index (κ1) is 11.4. The Morgan fingerprint density at radius 3 is 2.29 bits per heavy atom. The number of rotatable bonds is 2. The molecule has 0 spiro atoms. The highest BCUT2D eigenvalue weighted by Gasteiger charge is 2.15. The summed E-state index contributed by atoms with van der Waals surface area (Å²) in [7, 11) is 1.21. The van der Waals surface area contributed by atoms with Crippen LogP contribution in [0.25, 0.3) is 0 Å². The van der Waals surface area contributed by atoms with Crippen LogP contribution in [0.15, 0.2) is 12.1 Å². The second-order valence-electron chi connectivity index (χ2n) is 2.59. The Kier molecular flexibility index (Phi) is 3.14. The summed E-state index contributed by atoms with van der Waals surface area (Å²) in [6.45, 7) is 0. The van der Waals surface area contributed by atoms with E-state index >= 15 is 0 Å². The number of hydrogen-bond acceptors (Lipinski definition) is 4. The molecule has 0 heterocycles. The Bertz CT molecular complexity index is 455. The van der Waals surface area contributed by atoms with E-state index in [4.69, 9.17) is 27.4 Å². The summed E-state index contributed by atoms with van der Waals surface area (Å²) < 4.78 is 21.4. The molecule has 0 amide bonds. The van der Waals surface area contributed by atoms with Crippen molar-refractivity contribution < 1.29 is 18.6 Å². The highest BCUT2D eigenvalue weighted by molar-refractivity contribution is 8.13. The van der Waals surface area contributed by atoms with E-state index in [1.54, 1.807) is 0 Å². The van der Waals surface area contributed by atoms with Gasteiger partial charge in [-0.15, -0.1) is 0 Å². The molecule has 0 unspecified atom stereocenters. The summed E-state index contributed by atoms with van der Waals surface area (Å²) in [4.78, 5) is 0. The molecule has 0 radical (unpaired) electrons. The van der Waals surface area contributed by atoms with Crippen molar-refractivity contribution >= 4 is 31.3 Å². The lowest BCUT2D eigenvalue weighted by Gasteiger charge is -2.05. The molecule has 0 aliphatic carbocycles. The van der Waals surface area contributed by atoms with Crippen molar-refractivity contribution in [2.45, 2.75) is 5.75 Å². The molecule has 0 aromatic heterocycles. The van der Waals surface area contributed by atoms with E-state index in [2.05, 4.69) is 0 Å². The molecular weight excluding hydrogens is 251 g/mol. The quantitative estimate of drug-likeness (QED) is 0.626. The fourth-order valence-electron chi connectivity index (χ4n) is 0.899. The SMILES string of the molecule is O=S(=O)(Cl)Cc1ccc(Cl)c(O)c1O. The van der Waals surface area contributed by atoms with Gasteiger partial charge in [-0.3, -0.25) is 0 Å². The van der Waals surface area contributed by atoms with E-state index in [9.17, 15) is 13.5 Å². The van der Waals surface area contributed by atoms with Gasteiger partial charge < -0.3 is 10.2 Å². The molecule has 0 aliphatic heterocycles. The number of phenolic OH excluding ortho intramolecular Hbond substituents is 2. The number of halogens is 2. The molecule has 0 saturated carbocycles. The lowest BCUT2D eigenvalue weighted by Crippen LogP contribution is -1.95. The van der Waals surface area contributed by atoms with Crippen LogP contribution >= 0.6 is 22.3 Å². The van der Waals surface area contributed by atoms with Crippen molar-refractivity contribution in [2.24, 2.45) is 0 Å². The molecule has 0 fully saturated rings. The Morgan fingerprint density at radius 2 is 1.79 bits per heavy atom. The van der Waals surface area contributed by atoms with Gasteiger partial charge in [0.15, 0.2) is 11.5 Å². The summed E-state index contributed by atoms with van der Waals surface area (Å²) >= 11 is 5.46. The van der Waals surface area contributed by atoms with Crippen LogP contribution in [0.1, 0.15) is 5.56 Å². The highest BCUT2D eigenvalue weighted by atomic mass is 35.7. The van der Waals surface area contributed by atoms with Crippen molar-refractivity contribution in [2.75, 3.05) is 0 Å². The zero-order valence-electron chi connectivity index (χ0n) is 6.74. The first-order valence-electron chi connectivity index (χ1n) is 3.43. The average molecular weight is 257 g/mol. The van der Waals surface area contributed by atoms with Gasteiger partial charge in [-0.05, 0) is 6.07 Å². The maximum atomic E-state index is 10.7.